The molecule has 0 spiro atoms. The minimum atomic E-state index is -3.33. The molecular weight excluding hydrogens is 302 g/mol. The largest absolute Gasteiger partial charge is 0.240 e. The number of rotatable bonds is 4. The predicted molar refractivity (Wildman–Crippen MR) is 71.6 cm³/mol. The highest BCUT2D eigenvalue weighted by Gasteiger charge is 2.29. The van der Waals surface area contributed by atoms with Gasteiger partial charge in [-0.05, 0) is 36.5 Å². The lowest BCUT2D eigenvalue weighted by Gasteiger charge is -2.32. The summed E-state index contributed by atoms with van der Waals surface area (Å²) in [6.45, 7) is 2.13. The van der Waals surface area contributed by atoms with E-state index in [4.69, 9.17) is 0 Å². The quantitative estimate of drug-likeness (QED) is 0.868. The molecule has 1 aromatic rings. The number of benzene rings is 1. The Morgan fingerprint density at radius 1 is 1.29 bits per heavy atom. The number of halogens is 1. The van der Waals surface area contributed by atoms with E-state index in [1.54, 1.807) is 12.1 Å². The van der Waals surface area contributed by atoms with Crippen LogP contribution < -0.4 is 4.72 Å². The fourth-order valence-corrected chi connectivity index (χ4v) is 3.68. The number of nitrogens with one attached hydrogen (secondary N) is 1. The second-order valence-corrected chi connectivity index (χ2v) is 6.95. The van der Waals surface area contributed by atoms with Gasteiger partial charge in [0.1, 0.15) is 0 Å². The fourth-order valence-electron chi connectivity index (χ4n) is 2.04. The van der Waals surface area contributed by atoms with Gasteiger partial charge in [0.05, 0.1) is 4.90 Å². The summed E-state index contributed by atoms with van der Waals surface area (Å²) in [7, 11) is -3.33. The van der Waals surface area contributed by atoms with Gasteiger partial charge in [-0.15, -0.1) is 0 Å². The zero-order chi connectivity index (χ0) is 12.5. The van der Waals surface area contributed by atoms with Gasteiger partial charge >= 0.3 is 0 Å². The van der Waals surface area contributed by atoms with Crippen molar-refractivity contribution in [3.05, 3.63) is 29.8 Å². The second-order valence-electron chi connectivity index (χ2n) is 4.67. The highest BCUT2D eigenvalue weighted by Crippen LogP contribution is 2.27. The van der Waals surface area contributed by atoms with Crippen LogP contribution in [0.5, 0.6) is 0 Å². The molecule has 3 nitrogen and oxygen atoms in total. The third kappa shape index (κ3) is 3.09. The first kappa shape index (κ1) is 13.1. The maximum atomic E-state index is 12.0. The highest BCUT2D eigenvalue weighted by molar-refractivity contribution is 9.08. The molecule has 0 bridgehead atoms. The number of hydrogen-bond acceptors (Lipinski definition) is 2. The Kier molecular flexibility index (Phi) is 3.90. The molecule has 0 heterocycles. The summed E-state index contributed by atoms with van der Waals surface area (Å²) >= 11 is 3.33. The summed E-state index contributed by atoms with van der Waals surface area (Å²) in [4.78, 5) is 0.349. The first-order valence-electron chi connectivity index (χ1n) is 5.68. The van der Waals surface area contributed by atoms with Crippen molar-refractivity contribution in [3.8, 4) is 0 Å². The highest BCUT2D eigenvalue weighted by atomic mass is 79.9. The second kappa shape index (κ2) is 5.08. The van der Waals surface area contributed by atoms with Crippen LogP contribution in [0.4, 0.5) is 0 Å². The molecule has 17 heavy (non-hydrogen) atoms. The Labute approximate surface area is 111 Å². The first-order chi connectivity index (χ1) is 8.01. The maximum Gasteiger partial charge on any atom is 0.240 e. The lowest BCUT2D eigenvalue weighted by Crippen LogP contribution is -2.43. The van der Waals surface area contributed by atoms with Crippen LogP contribution in [0.1, 0.15) is 25.3 Å². The lowest BCUT2D eigenvalue weighted by molar-refractivity contribution is 0.270. The zero-order valence-corrected chi connectivity index (χ0v) is 12.1. The molecular formula is C12H16BrNO2S. The van der Waals surface area contributed by atoms with Crippen LogP contribution in [0.25, 0.3) is 0 Å². The van der Waals surface area contributed by atoms with E-state index < -0.39 is 10.0 Å². The summed E-state index contributed by atoms with van der Waals surface area (Å²) in [6.07, 6.45) is 1.89. The number of hydrogen-bond donors (Lipinski definition) is 1. The average molecular weight is 318 g/mol. The van der Waals surface area contributed by atoms with Gasteiger partial charge in [-0.3, -0.25) is 0 Å². The first-order valence-corrected chi connectivity index (χ1v) is 8.29. The Balaban J connectivity index is 2.08. The van der Waals surface area contributed by atoms with Crippen molar-refractivity contribution in [2.75, 3.05) is 0 Å². The van der Waals surface area contributed by atoms with Crippen LogP contribution in [0.3, 0.4) is 0 Å². The molecule has 0 radical (unpaired) electrons. The normalized spacial score (nSPS) is 24.4. The molecule has 0 atom stereocenters. The molecule has 1 fully saturated rings. The third-order valence-corrected chi connectivity index (χ3v) is 5.27. The zero-order valence-electron chi connectivity index (χ0n) is 9.69. The van der Waals surface area contributed by atoms with Crippen LogP contribution in [-0.4, -0.2) is 14.5 Å². The molecule has 1 saturated carbocycles. The van der Waals surface area contributed by atoms with Crippen molar-refractivity contribution in [1.82, 2.24) is 4.72 Å². The molecule has 0 aromatic heterocycles. The Morgan fingerprint density at radius 3 is 2.35 bits per heavy atom. The van der Waals surface area contributed by atoms with Gasteiger partial charge in [0.25, 0.3) is 0 Å². The van der Waals surface area contributed by atoms with Crippen LogP contribution >= 0.6 is 15.9 Å². The van der Waals surface area contributed by atoms with Gasteiger partial charge in [0.2, 0.25) is 10.0 Å². The van der Waals surface area contributed by atoms with Crippen molar-refractivity contribution in [3.63, 3.8) is 0 Å². The molecule has 1 aliphatic rings. The summed E-state index contributed by atoms with van der Waals surface area (Å²) in [5.41, 5.74) is 1.07. The Hall–Kier alpha value is -0.390. The van der Waals surface area contributed by atoms with Gasteiger partial charge in [-0.2, -0.15) is 0 Å². The standard InChI is InChI=1S/C12H16BrNO2S/c1-9-6-11(7-9)14-17(15,16)12-4-2-10(8-13)3-5-12/h2-5,9,11,14H,6-8H2,1H3. The summed E-state index contributed by atoms with van der Waals surface area (Å²) in [5, 5.41) is 0.737. The van der Waals surface area contributed by atoms with Crippen LogP contribution in [0, 0.1) is 5.92 Å². The van der Waals surface area contributed by atoms with Crippen molar-refractivity contribution >= 4 is 26.0 Å². The minimum absolute atomic E-state index is 0.117. The summed E-state index contributed by atoms with van der Waals surface area (Å²) in [5.74, 6) is 0.637. The molecule has 1 aromatic carbocycles. The van der Waals surface area contributed by atoms with Crippen molar-refractivity contribution in [1.29, 1.82) is 0 Å². The van der Waals surface area contributed by atoms with Crippen molar-refractivity contribution < 1.29 is 8.42 Å². The molecule has 94 valence electrons. The SMILES string of the molecule is CC1CC(NS(=O)(=O)c2ccc(CBr)cc2)C1. The molecule has 2 rings (SSSR count). The van der Waals surface area contributed by atoms with Crippen molar-refractivity contribution in [2.24, 2.45) is 5.92 Å². The van der Waals surface area contributed by atoms with Crippen molar-refractivity contribution in [2.45, 2.75) is 36.0 Å². The van der Waals surface area contributed by atoms with E-state index in [9.17, 15) is 8.42 Å². The molecule has 0 amide bonds. The minimum Gasteiger partial charge on any atom is -0.208 e. The van der Waals surface area contributed by atoms with E-state index in [2.05, 4.69) is 27.6 Å². The smallest absolute Gasteiger partial charge is 0.208 e. The molecule has 0 saturated heterocycles. The summed E-state index contributed by atoms with van der Waals surface area (Å²) in [6, 6.07) is 7.08. The van der Waals surface area contributed by atoms with Gasteiger partial charge in [0, 0.05) is 11.4 Å². The molecule has 0 unspecified atom stereocenters. The van der Waals surface area contributed by atoms with Crippen LogP contribution in [0.2, 0.25) is 0 Å². The number of alkyl halides is 1. The molecule has 0 aliphatic heterocycles. The topological polar surface area (TPSA) is 46.2 Å². The number of sulfonamides is 1. The predicted octanol–water partition coefficient (Wildman–Crippen LogP) is 2.66. The average Bonchev–Trinajstić information content (AvgIpc) is 2.27. The molecule has 5 heteroatoms. The molecule has 1 N–H and O–H groups in total. The maximum absolute atomic E-state index is 12.0. The van der Waals surface area contributed by atoms with E-state index in [0.717, 1.165) is 23.7 Å². The van der Waals surface area contributed by atoms with Gasteiger partial charge in [0.15, 0.2) is 0 Å². The monoisotopic (exact) mass is 317 g/mol. The van der Waals surface area contributed by atoms with Gasteiger partial charge in [-0.25, -0.2) is 13.1 Å². The van der Waals surface area contributed by atoms with Gasteiger partial charge < -0.3 is 0 Å². The molecule has 1 aliphatic carbocycles. The van der Waals surface area contributed by atoms with E-state index in [1.165, 1.54) is 0 Å². The van der Waals surface area contributed by atoms with E-state index in [0.29, 0.717) is 10.8 Å². The van der Waals surface area contributed by atoms with Crippen LogP contribution in [0.15, 0.2) is 29.2 Å². The van der Waals surface area contributed by atoms with E-state index >= 15 is 0 Å². The summed E-state index contributed by atoms with van der Waals surface area (Å²) < 4.78 is 26.8. The fraction of sp³-hybridized carbons (Fsp3) is 0.500. The van der Waals surface area contributed by atoms with E-state index in [1.807, 2.05) is 12.1 Å². The van der Waals surface area contributed by atoms with Crippen LogP contribution in [-0.2, 0) is 15.4 Å². The van der Waals surface area contributed by atoms with Gasteiger partial charge in [-0.1, -0.05) is 35.0 Å². The van der Waals surface area contributed by atoms with E-state index in [-0.39, 0.29) is 6.04 Å². The third-order valence-electron chi connectivity index (χ3n) is 3.08. The Bertz CT molecular complexity index is 478. The lowest BCUT2D eigenvalue weighted by atomic mass is 9.83. The Morgan fingerprint density at radius 2 is 1.88 bits per heavy atom.